The Morgan fingerprint density at radius 2 is 0.974 bits per heavy atom. The second-order valence-corrected chi connectivity index (χ2v) is 7.58. The van der Waals surface area contributed by atoms with Crippen LogP contribution < -0.4 is 0 Å². The summed E-state index contributed by atoms with van der Waals surface area (Å²) in [6.07, 6.45) is -13.4. The van der Waals surface area contributed by atoms with Crippen molar-refractivity contribution in [1.29, 1.82) is 0 Å². The van der Waals surface area contributed by atoms with E-state index >= 15 is 0 Å². The van der Waals surface area contributed by atoms with Crippen molar-refractivity contribution in [2.45, 2.75) is 80.4 Å². The van der Waals surface area contributed by atoms with Crippen molar-refractivity contribution in [3.05, 3.63) is 11.6 Å². The normalized spacial score (nSPS) is 15.6. The maximum Gasteiger partial charge on any atom is 0.460 e. The van der Waals surface area contributed by atoms with E-state index in [9.17, 15) is 84.2 Å². The molecule has 0 aliphatic rings. The number of hydrogen-bond acceptors (Lipinski definition) is 3. The summed E-state index contributed by atoms with van der Waals surface area (Å²) in [7, 11) is 0. The third-order valence-corrected chi connectivity index (χ3v) is 4.34. The third-order valence-electron chi connectivity index (χ3n) is 4.34. The van der Waals surface area contributed by atoms with Crippen molar-refractivity contribution in [1.82, 2.24) is 0 Å². The molecule has 0 saturated heterocycles. The Morgan fingerprint density at radius 3 is 1.29 bits per heavy atom. The molecule has 0 fully saturated rings. The molecule has 1 N–H and O–H groups in total. The van der Waals surface area contributed by atoms with Gasteiger partial charge in [-0.3, -0.25) is 4.79 Å². The first-order chi connectivity index (χ1) is 16.4. The molecule has 0 atom stereocenters. The predicted octanol–water partition coefficient (Wildman–Crippen LogP) is 6.74. The van der Waals surface area contributed by atoms with Crippen molar-refractivity contribution in [3.8, 4) is 0 Å². The first-order valence-corrected chi connectivity index (χ1v) is 9.22. The van der Waals surface area contributed by atoms with E-state index in [4.69, 9.17) is 5.11 Å². The number of halogens is 17. The Kier molecular flexibility index (Phi) is 9.56. The van der Waals surface area contributed by atoms with Gasteiger partial charge in [-0.25, -0.2) is 4.79 Å². The molecule has 0 amide bonds. The molecule has 0 saturated carbocycles. The van der Waals surface area contributed by atoms with Crippen LogP contribution in [0.1, 0.15) is 26.7 Å². The highest BCUT2D eigenvalue weighted by Gasteiger charge is 2.95. The topological polar surface area (TPSA) is 63.6 Å². The summed E-state index contributed by atoms with van der Waals surface area (Å²) in [4.78, 5) is 22.2. The molecule has 0 aromatic rings. The Hall–Kier alpha value is -2.51. The molecule has 0 aliphatic carbocycles. The van der Waals surface area contributed by atoms with E-state index in [0.717, 1.165) is 0 Å². The number of carbonyl (C=O) groups is 2. The van der Waals surface area contributed by atoms with Gasteiger partial charge in [-0.15, -0.1) is 0 Å². The van der Waals surface area contributed by atoms with Crippen LogP contribution in [0.3, 0.4) is 0 Å². The van der Waals surface area contributed by atoms with Gasteiger partial charge < -0.3 is 9.84 Å². The molecule has 0 rings (SSSR count). The average molecular weight is 604 g/mol. The van der Waals surface area contributed by atoms with Gasteiger partial charge in [-0.2, -0.15) is 74.6 Å². The lowest BCUT2D eigenvalue weighted by atomic mass is 9.88. The van der Waals surface area contributed by atoms with Crippen LogP contribution in [0, 0.1) is 0 Å². The van der Waals surface area contributed by atoms with Gasteiger partial charge in [-0.05, 0) is 20.3 Å². The van der Waals surface area contributed by atoms with Gasteiger partial charge in [0.1, 0.15) is 0 Å². The maximum absolute atomic E-state index is 13.9. The van der Waals surface area contributed by atoms with Crippen LogP contribution in [0.15, 0.2) is 11.6 Å². The number of carbonyl (C=O) groups excluding carboxylic acids is 1. The Morgan fingerprint density at radius 1 is 0.632 bits per heavy atom. The smallest absolute Gasteiger partial charge is 0.460 e. The predicted molar refractivity (Wildman–Crippen MR) is 86.9 cm³/mol. The number of aliphatic carboxylic acids is 1. The molecule has 0 unspecified atom stereocenters. The number of hydrogen-bond donors (Lipinski definition) is 1. The van der Waals surface area contributed by atoms with Crippen molar-refractivity contribution >= 4 is 11.9 Å². The van der Waals surface area contributed by atoms with E-state index in [1.165, 1.54) is 13.8 Å². The zero-order valence-corrected chi connectivity index (χ0v) is 18.2. The minimum absolute atomic E-state index is 0.920. The molecule has 4 nitrogen and oxygen atoms in total. The fraction of sp³-hybridized carbons (Fsp3) is 0.765. The third kappa shape index (κ3) is 5.74. The minimum atomic E-state index is -8.79. The molecular weight excluding hydrogens is 591 g/mol. The number of rotatable bonds is 12. The summed E-state index contributed by atoms with van der Waals surface area (Å²) >= 11 is 0. The van der Waals surface area contributed by atoms with Crippen LogP contribution in [0.4, 0.5) is 74.6 Å². The number of carboxylic acid groups (broad SMARTS) is 1. The van der Waals surface area contributed by atoms with E-state index in [-0.39, 0.29) is 0 Å². The van der Waals surface area contributed by atoms with E-state index in [1.807, 2.05) is 0 Å². The van der Waals surface area contributed by atoms with Crippen molar-refractivity contribution in [2.75, 3.05) is 0 Å². The lowest BCUT2D eigenvalue weighted by Crippen LogP contribution is -2.74. The molecule has 0 aliphatic heterocycles. The van der Waals surface area contributed by atoms with Gasteiger partial charge in [0, 0.05) is 18.1 Å². The fourth-order valence-corrected chi connectivity index (χ4v) is 2.28. The monoisotopic (exact) mass is 604 g/mol. The van der Waals surface area contributed by atoms with Gasteiger partial charge in [0.2, 0.25) is 0 Å². The molecule has 0 radical (unpaired) electrons. The van der Waals surface area contributed by atoms with Gasteiger partial charge >= 0.3 is 59.6 Å². The van der Waals surface area contributed by atoms with E-state index in [2.05, 4.69) is 4.74 Å². The van der Waals surface area contributed by atoms with Crippen LogP contribution >= 0.6 is 0 Å². The molecule has 0 spiro atoms. The molecule has 38 heavy (non-hydrogen) atoms. The summed E-state index contributed by atoms with van der Waals surface area (Å²) in [6.45, 7) is 2.40. The molecule has 0 heterocycles. The Labute approximate surface area is 199 Å². The standard InChI is InChI=1S/C17H13F17O4/c1-6(2)38-8(35)4-3-7(9(36)37)5-10(18,19)11(20,21)12(22,23)13(24,25)14(26,27)15(28,29)16(30,31)17(32,33)34/h5-6H,3-4H2,1-2H3,(H,36,37). The lowest BCUT2D eigenvalue weighted by molar-refractivity contribution is -0.459. The second-order valence-electron chi connectivity index (χ2n) is 7.58. The SMILES string of the molecule is CC(C)OC(=O)CCC(=CC(F)(F)C(F)(F)C(F)(F)C(F)(F)C(F)(F)C(F)(F)C(F)(F)C(F)(F)F)C(=O)O. The van der Waals surface area contributed by atoms with Gasteiger partial charge in [0.25, 0.3) is 0 Å². The fourth-order valence-electron chi connectivity index (χ4n) is 2.28. The van der Waals surface area contributed by atoms with Crippen LogP contribution in [0.5, 0.6) is 0 Å². The molecular formula is C17H13F17O4. The summed E-state index contributed by atoms with van der Waals surface area (Å²) in [5, 5.41) is 8.72. The van der Waals surface area contributed by atoms with Crippen LogP contribution in [0.2, 0.25) is 0 Å². The highest BCUT2D eigenvalue weighted by molar-refractivity contribution is 5.87. The van der Waals surface area contributed by atoms with Crippen LogP contribution in [0.25, 0.3) is 0 Å². The molecule has 224 valence electrons. The van der Waals surface area contributed by atoms with Gasteiger partial charge in [-0.1, -0.05) is 0 Å². The number of allylic oxidation sites excluding steroid dienone is 1. The number of carboxylic acids is 1. The highest BCUT2D eigenvalue weighted by atomic mass is 19.4. The summed E-state index contributed by atoms with van der Waals surface area (Å²) in [5.74, 6) is -62.2. The quantitative estimate of drug-likeness (QED) is 0.152. The Bertz CT molecular complexity index is 918. The minimum Gasteiger partial charge on any atom is -0.478 e. The largest absolute Gasteiger partial charge is 0.478 e. The summed E-state index contributed by atoms with van der Waals surface area (Å²) < 4.78 is 229. The van der Waals surface area contributed by atoms with Crippen LogP contribution in [-0.2, 0) is 14.3 Å². The maximum atomic E-state index is 13.9. The lowest BCUT2D eigenvalue weighted by Gasteiger charge is -2.42. The zero-order chi connectivity index (χ0) is 31.1. The average Bonchev–Trinajstić information content (AvgIpc) is 2.68. The van der Waals surface area contributed by atoms with Crippen molar-refractivity contribution < 1.29 is 94.1 Å². The van der Waals surface area contributed by atoms with Gasteiger partial charge in [0.05, 0.1) is 6.10 Å². The van der Waals surface area contributed by atoms with Crippen LogP contribution in [-0.4, -0.2) is 70.8 Å². The van der Waals surface area contributed by atoms with E-state index in [1.54, 1.807) is 0 Å². The number of esters is 1. The first-order valence-electron chi connectivity index (χ1n) is 9.22. The van der Waals surface area contributed by atoms with Crippen molar-refractivity contribution in [2.24, 2.45) is 0 Å². The molecule has 0 aromatic heterocycles. The van der Waals surface area contributed by atoms with E-state index < -0.39 is 90.2 Å². The van der Waals surface area contributed by atoms with E-state index in [0.29, 0.717) is 0 Å². The highest BCUT2D eigenvalue weighted by Crippen LogP contribution is 2.64. The second kappa shape index (κ2) is 10.2. The van der Waals surface area contributed by atoms with Gasteiger partial charge in [0.15, 0.2) is 0 Å². The molecule has 0 aromatic carbocycles. The molecule has 21 heteroatoms. The Balaban J connectivity index is 6.72. The molecule has 0 bridgehead atoms. The zero-order valence-electron chi connectivity index (χ0n) is 18.2. The number of alkyl halides is 17. The summed E-state index contributed by atoms with van der Waals surface area (Å²) in [6, 6.07) is 0. The first kappa shape index (κ1) is 35.5. The van der Waals surface area contributed by atoms with Crippen molar-refractivity contribution in [3.63, 3.8) is 0 Å². The number of ether oxygens (including phenoxy) is 1. The summed E-state index contributed by atoms with van der Waals surface area (Å²) in [5.41, 5.74) is -2.14.